The Kier molecular flexibility index (Phi) is 4.03. The average Bonchev–Trinajstić information content (AvgIpc) is 2.63. The minimum atomic E-state index is -4.87. The third kappa shape index (κ3) is 3.21. The summed E-state index contributed by atoms with van der Waals surface area (Å²) in [6.07, 6.45) is -5.23. The number of hydrogen-bond acceptors (Lipinski definition) is 4. The van der Waals surface area contributed by atoms with Crippen molar-refractivity contribution in [2.45, 2.75) is 17.3 Å². The Labute approximate surface area is 102 Å². The van der Waals surface area contributed by atoms with Crippen LogP contribution in [-0.2, 0) is 17.1 Å². The van der Waals surface area contributed by atoms with Crippen LogP contribution in [0.4, 0.5) is 13.2 Å². The summed E-state index contributed by atoms with van der Waals surface area (Å²) in [6.45, 7) is -1.08. The fourth-order valence-corrected chi connectivity index (χ4v) is 2.26. The third-order valence-corrected chi connectivity index (χ3v) is 3.87. The van der Waals surface area contributed by atoms with Crippen LogP contribution in [0.1, 0.15) is 0 Å². The van der Waals surface area contributed by atoms with Crippen molar-refractivity contribution >= 4 is 10.0 Å². The SMILES string of the molecule is CN(C[C@H](O)C(F)(F)F)S(=O)(=O)c1cn(C)cn1. The number of aliphatic hydroxyl groups is 1. The van der Waals surface area contributed by atoms with Crippen molar-refractivity contribution in [1.29, 1.82) is 0 Å². The second kappa shape index (κ2) is 4.86. The maximum Gasteiger partial charge on any atom is 0.415 e. The number of halogens is 3. The molecule has 1 rings (SSSR count). The van der Waals surface area contributed by atoms with E-state index in [1.165, 1.54) is 17.9 Å². The molecule has 10 heteroatoms. The Bertz CT molecular complexity index is 511. The first-order valence-corrected chi connectivity index (χ1v) is 6.18. The van der Waals surface area contributed by atoms with Crippen molar-refractivity contribution in [2.75, 3.05) is 13.6 Å². The summed E-state index contributed by atoms with van der Waals surface area (Å²) in [4.78, 5) is 3.55. The zero-order valence-corrected chi connectivity index (χ0v) is 10.4. The van der Waals surface area contributed by atoms with Crippen LogP contribution in [0, 0.1) is 0 Å². The summed E-state index contributed by atoms with van der Waals surface area (Å²) in [7, 11) is -1.66. The molecule has 1 aromatic rings. The molecule has 18 heavy (non-hydrogen) atoms. The number of imidazole rings is 1. The summed E-state index contributed by atoms with van der Waals surface area (Å²) >= 11 is 0. The molecular formula is C8H12F3N3O3S. The summed E-state index contributed by atoms with van der Waals surface area (Å²) < 4.78 is 61.7. The van der Waals surface area contributed by atoms with Crippen LogP contribution in [0.25, 0.3) is 0 Å². The van der Waals surface area contributed by atoms with Gasteiger partial charge in [-0.15, -0.1) is 0 Å². The highest BCUT2D eigenvalue weighted by Crippen LogP contribution is 2.22. The van der Waals surface area contributed by atoms with Crippen LogP contribution in [0.5, 0.6) is 0 Å². The number of aryl methyl sites for hydroxylation is 1. The number of likely N-dealkylation sites (N-methyl/N-ethyl adjacent to an activating group) is 1. The lowest BCUT2D eigenvalue weighted by Gasteiger charge is -2.21. The Balaban J connectivity index is 2.87. The third-order valence-electron chi connectivity index (χ3n) is 2.16. The highest BCUT2D eigenvalue weighted by Gasteiger charge is 2.40. The molecule has 0 saturated carbocycles. The van der Waals surface area contributed by atoms with Gasteiger partial charge in [-0.1, -0.05) is 0 Å². The van der Waals surface area contributed by atoms with E-state index in [0.29, 0.717) is 4.31 Å². The number of nitrogens with zero attached hydrogens (tertiary/aromatic N) is 3. The molecule has 1 N–H and O–H groups in total. The normalized spacial score (nSPS) is 15.1. The topological polar surface area (TPSA) is 75.4 Å². The molecule has 0 saturated heterocycles. The molecule has 0 radical (unpaired) electrons. The van der Waals surface area contributed by atoms with E-state index in [2.05, 4.69) is 4.98 Å². The molecule has 104 valence electrons. The fraction of sp³-hybridized carbons (Fsp3) is 0.625. The van der Waals surface area contributed by atoms with Crippen molar-refractivity contribution in [1.82, 2.24) is 13.9 Å². The molecular weight excluding hydrogens is 275 g/mol. The number of hydrogen-bond donors (Lipinski definition) is 1. The molecule has 0 aliphatic carbocycles. The van der Waals surface area contributed by atoms with Crippen molar-refractivity contribution in [3.05, 3.63) is 12.5 Å². The second-order valence-corrected chi connectivity index (χ2v) is 5.71. The minimum Gasteiger partial charge on any atom is -0.382 e. The molecule has 6 nitrogen and oxygen atoms in total. The zero-order valence-electron chi connectivity index (χ0n) is 9.59. The minimum absolute atomic E-state index is 0.373. The molecule has 0 aliphatic heterocycles. The molecule has 0 bridgehead atoms. The lowest BCUT2D eigenvalue weighted by Crippen LogP contribution is -2.41. The van der Waals surface area contributed by atoms with Crippen molar-refractivity contribution in [3.8, 4) is 0 Å². The lowest BCUT2D eigenvalue weighted by molar-refractivity contribution is -0.204. The van der Waals surface area contributed by atoms with Crippen LogP contribution < -0.4 is 0 Å². The van der Waals surface area contributed by atoms with Gasteiger partial charge in [0.1, 0.15) is 0 Å². The molecule has 0 amide bonds. The van der Waals surface area contributed by atoms with Gasteiger partial charge >= 0.3 is 6.18 Å². The average molecular weight is 287 g/mol. The first kappa shape index (κ1) is 14.9. The van der Waals surface area contributed by atoms with E-state index < -0.39 is 28.8 Å². The van der Waals surface area contributed by atoms with Gasteiger partial charge in [0.25, 0.3) is 10.0 Å². The fourth-order valence-electron chi connectivity index (χ4n) is 1.13. The number of rotatable bonds is 4. The van der Waals surface area contributed by atoms with Crippen LogP contribution in [-0.4, -0.2) is 53.3 Å². The van der Waals surface area contributed by atoms with E-state index in [0.717, 1.165) is 13.2 Å². The Hall–Kier alpha value is -1.13. The Morgan fingerprint density at radius 1 is 1.56 bits per heavy atom. The van der Waals surface area contributed by atoms with Crippen molar-refractivity contribution < 1.29 is 26.7 Å². The molecule has 1 atom stereocenters. The summed E-state index contributed by atoms with van der Waals surface area (Å²) in [5, 5.41) is 8.44. The molecule has 0 aliphatic rings. The molecule has 0 unspecified atom stereocenters. The van der Waals surface area contributed by atoms with Gasteiger partial charge in [0.05, 0.1) is 6.33 Å². The van der Waals surface area contributed by atoms with E-state index in [1.54, 1.807) is 0 Å². The maximum atomic E-state index is 12.1. The molecule has 0 fully saturated rings. The summed E-state index contributed by atoms with van der Waals surface area (Å²) in [5.74, 6) is 0. The predicted octanol–water partition coefficient (Wildman–Crippen LogP) is -0.0362. The number of alkyl halides is 3. The van der Waals surface area contributed by atoms with E-state index in [4.69, 9.17) is 5.11 Å². The van der Waals surface area contributed by atoms with E-state index >= 15 is 0 Å². The second-order valence-electron chi connectivity index (χ2n) is 3.72. The molecule has 0 aromatic carbocycles. The Morgan fingerprint density at radius 3 is 2.50 bits per heavy atom. The zero-order chi connectivity index (χ0) is 14.1. The van der Waals surface area contributed by atoms with Gasteiger partial charge in [-0.05, 0) is 0 Å². The van der Waals surface area contributed by atoms with Gasteiger partial charge in [-0.3, -0.25) is 0 Å². The van der Waals surface area contributed by atoms with Gasteiger partial charge < -0.3 is 9.67 Å². The van der Waals surface area contributed by atoms with Crippen molar-refractivity contribution in [3.63, 3.8) is 0 Å². The molecule has 1 aromatic heterocycles. The van der Waals surface area contributed by atoms with Crippen LogP contribution >= 0.6 is 0 Å². The lowest BCUT2D eigenvalue weighted by atomic mass is 10.3. The van der Waals surface area contributed by atoms with Gasteiger partial charge in [0.15, 0.2) is 11.1 Å². The van der Waals surface area contributed by atoms with Crippen LogP contribution in [0.3, 0.4) is 0 Å². The van der Waals surface area contributed by atoms with Crippen molar-refractivity contribution in [2.24, 2.45) is 7.05 Å². The standard InChI is InChI=1S/C8H12F3N3O3S/c1-13-4-7(12-5-13)18(16,17)14(2)3-6(15)8(9,10)11/h4-6,15H,3H2,1-2H3/t6-/m0/s1. The monoisotopic (exact) mass is 287 g/mol. The maximum absolute atomic E-state index is 12.1. The first-order chi connectivity index (χ1) is 8.05. The smallest absolute Gasteiger partial charge is 0.382 e. The van der Waals surface area contributed by atoms with Gasteiger partial charge in [0.2, 0.25) is 0 Å². The number of sulfonamides is 1. The highest BCUT2D eigenvalue weighted by atomic mass is 32.2. The van der Waals surface area contributed by atoms with Crippen LogP contribution in [0.2, 0.25) is 0 Å². The Morgan fingerprint density at radius 2 is 2.11 bits per heavy atom. The molecule has 1 heterocycles. The number of aliphatic hydroxyl groups excluding tert-OH is 1. The van der Waals surface area contributed by atoms with E-state index in [1.807, 2.05) is 0 Å². The molecule has 0 spiro atoms. The van der Waals surface area contributed by atoms with Gasteiger partial charge in [-0.2, -0.15) is 17.5 Å². The summed E-state index contributed by atoms with van der Waals surface area (Å²) in [5.41, 5.74) is 0. The quantitative estimate of drug-likeness (QED) is 0.843. The summed E-state index contributed by atoms with van der Waals surface area (Å²) in [6, 6.07) is 0. The van der Waals surface area contributed by atoms with Crippen LogP contribution in [0.15, 0.2) is 17.6 Å². The van der Waals surface area contributed by atoms with Gasteiger partial charge in [0, 0.05) is 26.8 Å². The largest absolute Gasteiger partial charge is 0.415 e. The van der Waals surface area contributed by atoms with E-state index in [-0.39, 0.29) is 5.03 Å². The van der Waals surface area contributed by atoms with Gasteiger partial charge in [-0.25, -0.2) is 13.4 Å². The first-order valence-electron chi connectivity index (χ1n) is 4.74. The predicted molar refractivity (Wildman–Crippen MR) is 55.1 cm³/mol. The highest BCUT2D eigenvalue weighted by molar-refractivity contribution is 7.89. The number of aromatic nitrogens is 2. The van der Waals surface area contributed by atoms with E-state index in [9.17, 15) is 21.6 Å².